The van der Waals surface area contributed by atoms with Gasteiger partial charge in [0.1, 0.15) is 5.52 Å². The number of nitrogens with two attached hydrogens (primary N) is 2. The van der Waals surface area contributed by atoms with Gasteiger partial charge in [-0.3, -0.25) is 4.90 Å². The standard InChI is InChI=1S/C23H29FN4O3/c1-3-29-18-11-14(12-19(20(18)24)30-4-2)13-28-9-7-15(8-10-28)16-5-6-17(25)22-21(16)27-23(26)31-22/h5-6,11-12,15H,3-4,7-10,13,25H2,1-2H3,(H2,26,27). The number of likely N-dealkylation sites (tertiary alicyclic amines) is 1. The third-order valence-corrected chi connectivity index (χ3v) is 5.72. The summed E-state index contributed by atoms with van der Waals surface area (Å²) in [5, 5.41) is 0. The summed E-state index contributed by atoms with van der Waals surface area (Å²) in [6, 6.07) is 7.57. The second-order valence-corrected chi connectivity index (χ2v) is 7.80. The van der Waals surface area contributed by atoms with Crippen LogP contribution in [0.15, 0.2) is 28.7 Å². The molecule has 1 aliphatic heterocycles. The van der Waals surface area contributed by atoms with Crippen LogP contribution in [0.25, 0.3) is 11.1 Å². The van der Waals surface area contributed by atoms with E-state index in [0.29, 0.717) is 36.9 Å². The normalized spacial score (nSPS) is 15.5. The maximum absolute atomic E-state index is 14.5. The lowest BCUT2D eigenvalue weighted by atomic mass is 9.88. The predicted molar refractivity (Wildman–Crippen MR) is 119 cm³/mol. The largest absolute Gasteiger partial charge is 0.491 e. The molecule has 4 rings (SSSR count). The summed E-state index contributed by atoms with van der Waals surface area (Å²) in [7, 11) is 0. The Morgan fingerprint density at radius 3 is 2.35 bits per heavy atom. The summed E-state index contributed by atoms with van der Waals surface area (Å²) < 4.78 is 30.9. The zero-order valence-corrected chi connectivity index (χ0v) is 18.0. The summed E-state index contributed by atoms with van der Waals surface area (Å²) in [4.78, 5) is 6.71. The summed E-state index contributed by atoms with van der Waals surface area (Å²) in [6.07, 6.45) is 1.95. The lowest BCUT2D eigenvalue weighted by Gasteiger charge is -2.32. The lowest BCUT2D eigenvalue weighted by Crippen LogP contribution is -2.32. The molecule has 0 spiro atoms. The molecule has 2 aromatic carbocycles. The number of oxazole rings is 1. The minimum atomic E-state index is -0.439. The van der Waals surface area contributed by atoms with Crippen LogP contribution in [-0.2, 0) is 6.54 Å². The molecule has 1 aliphatic rings. The summed E-state index contributed by atoms with van der Waals surface area (Å²) in [5.74, 6) is 0.401. The van der Waals surface area contributed by atoms with Crippen molar-refractivity contribution in [2.75, 3.05) is 37.8 Å². The van der Waals surface area contributed by atoms with Crippen molar-refractivity contribution in [2.24, 2.45) is 0 Å². The predicted octanol–water partition coefficient (Wildman–Crippen LogP) is 4.31. The van der Waals surface area contributed by atoms with Gasteiger partial charge in [0.15, 0.2) is 17.1 Å². The van der Waals surface area contributed by atoms with Gasteiger partial charge in [0.05, 0.1) is 18.9 Å². The Hall–Kier alpha value is -3.00. The number of benzene rings is 2. The van der Waals surface area contributed by atoms with Gasteiger partial charge in [-0.1, -0.05) is 6.07 Å². The molecule has 0 atom stereocenters. The van der Waals surface area contributed by atoms with E-state index in [9.17, 15) is 4.39 Å². The molecule has 7 nitrogen and oxygen atoms in total. The molecule has 0 amide bonds. The van der Waals surface area contributed by atoms with E-state index in [1.165, 1.54) is 0 Å². The SMILES string of the molecule is CCOc1cc(CN2CCC(c3ccc(N)c4oc(N)nc34)CC2)cc(OCC)c1F. The highest BCUT2D eigenvalue weighted by atomic mass is 19.1. The summed E-state index contributed by atoms with van der Waals surface area (Å²) in [6.45, 7) is 7.02. The molecule has 31 heavy (non-hydrogen) atoms. The van der Waals surface area contributed by atoms with Crippen LogP contribution in [0, 0.1) is 5.82 Å². The quantitative estimate of drug-likeness (QED) is 0.541. The third-order valence-electron chi connectivity index (χ3n) is 5.72. The molecule has 3 aromatic rings. The number of piperidine rings is 1. The van der Waals surface area contributed by atoms with Crippen molar-refractivity contribution >= 4 is 22.8 Å². The first-order chi connectivity index (χ1) is 15.0. The highest BCUT2D eigenvalue weighted by Gasteiger charge is 2.25. The Morgan fingerprint density at radius 2 is 1.74 bits per heavy atom. The average molecular weight is 429 g/mol. The molecule has 0 saturated carbocycles. The van der Waals surface area contributed by atoms with E-state index in [1.54, 1.807) is 12.1 Å². The Balaban J connectivity index is 1.47. The van der Waals surface area contributed by atoms with E-state index >= 15 is 0 Å². The summed E-state index contributed by atoms with van der Waals surface area (Å²) in [5.41, 5.74) is 15.7. The van der Waals surface area contributed by atoms with Gasteiger partial charge in [-0.15, -0.1) is 0 Å². The van der Waals surface area contributed by atoms with Gasteiger partial charge in [-0.2, -0.15) is 9.37 Å². The first-order valence-electron chi connectivity index (χ1n) is 10.7. The zero-order valence-electron chi connectivity index (χ0n) is 18.0. The van der Waals surface area contributed by atoms with E-state index in [0.717, 1.165) is 42.6 Å². The number of fused-ring (bicyclic) bond motifs is 1. The maximum atomic E-state index is 14.5. The van der Waals surface area contributed by atoms with Crippen LogP contribution < -0.4 is 20.9 Å². The van der Waals surface area contributed by atoms with Crippen molar-refractivity contribution in [3.8, 4) is 11.5 Å². The van der Waals surface area contributed by atoms with E-state index in [4.69, 9.17) is 25.4 Å². The van der Waals surface area contributed by atoms with E-state index in [2.05, 4.69) is 9.88 Å². The Labute approximate surface area is 181 Å². The van der Waals surface area contributed by atoms with Crippen molar-refractivity contribution in [1.82, 2.24) is 9.88 Å². The fourth-order valence-corrected chi connectivity index (χ4v) is 4.29. The molecule has 4 N–H and O–H groups in total. The molecule has 0 aliphatic carbocycles. The van der Waals surface area contributed by atoms with Crippen LogP contribution in [0.3, 0.4) is 0 Å². The van der Waals surface area contributed by atoms with Gasteiger partial charge in [-0.25, -0.2) is 0 Å². The fraction of sp³-hybridized carbons (Fsp3) is 0.435. The van der Waals surface area contributed by atoms with Crippen LogP contribution >= 0.6 is 0 Å². The lowest BCUT2D eigenvalue weighted by molar-refractivity contribution is 0.204. The first-order valence-corrected chi connectivity index (χ1v) is 10.7. The molecular weight excluding hydrogens is 399 g/mol. The number of nitrogens with zero attached hydrogens (tertiary/aromatic N) is 2. The maximum Gasteiger partial charge on any atom is 0.293 e. The van der Waals surface area contributed by atoms with Gasteiger partial charge in [0.2, 0.25) is 5.82 Å². The zero-order chi connectivity index (χ0) is 22.0. The van der Waals surface area contributed by atoms with Crippen LogP contribution in [0.1, 0.15) is 43.7 Å². The van der Waals surface area contributed by atoms with Crippen LogP contribution in [-0.4, -0.2) is 36.2 Å². The number of rotatable bonds is 7. The smallest absolute Gasteiger partial charge is 0.293 e. The molecule has 0 bridgehead atoms. The van der Waals surface area contributed by atoms with E-state index in [-0.39, 0.29) is 17.5 Å². The van der Waals surface area contributed by atoms with Gasteiger partial charge in [-0.05, 0) is 75.0 Å². The number of aromatic nitrogens is 1. The number of halogens is 1. The van der Waals surface area contributed by atoms with Crippen molar-refractivity contribution in [2.45, 2.75) is 39.2 Å². The molecular formula is C23H29FN4O3. The number of hydrogen-bond donors (Lipinski definition) is 2. The molecule has 166 valence electrons. The van der Waals surface area contributed by atoms with Gasteiger partial charge < -0.3 is 25.4 Å². The van der Waals surface area contributed by atoms with Crippen LogP contribution in [0.5, 0.6) is 11.5 Å². The topological polar surface area (TPSA) is 99.8 Å². The molecule has 2 heterocycles. The van der Waals surface area contributed by atoms with Crippen molar-refractivity contribution in [3.63, 3.8) is 0 Å². The Bertz CT molecular complexity index is 1030. The fourth-order valence-electron chi connectivity index (χ4n) is 4.29. The number of anilines is 2. The van der Waals surface area contributed by atoms with Gasteiger partial charge >= 0.3 is 0 Å². The highest BCUT2D eigenvalue weighted by Crippen LogP contribution is 2.36. The number of hydrogen-bond acceptors (Lipinski definition) is 7. The van der Waals surface area contributed by atoms with Crippen molar-refractivity contribution < 1.29 is 18.3 Å². The second-order valence-electron chi connectivity index (χ2n) is 7.80. The molecule has 1 fully saturated rings. The molecule has 1 saturated heterocycles. The minimum Gasteiger partial charge on any atom is -0.491 e. The highest BCUT2D eigenvalue weighted by molar-refractivity contribution is 5.88. The van der Waals surface area contributed by atoms with E-state index < -0.39 is 5.82 Å². The third kappa shape index (κ3) is 4.39. The van der Waals surface area contributed by atoms with Crippen LogP contribution in [0.2, 0.25) is 0 Å². The molecule has 1 aromatic heterocycles. The van der Waals surface area contributed by atoms with Crippen molar-refractivity contribution in [3.05, 3.63) is 41.2 Å². The van der Waals surface area contributed by atoms with Crippen LogP contribution in [0.4, 0.5) is 16.1 Å². The molecule has 0 radical (unpaired) electrons. The number of nitrogen functional groups attached to an aromatic ring is 2. The van der Waals surface area contributed by atoms with E-state index in [1.807, 2.05) is 26.0 Å². The average Bonchev–Trinajstić information content (AvgIpc) is 3.15. The van der Waals surface area contributed by atoms with Gasteiger partial charge in [0, 0.05) is 6.54 Å². The second kappa shape index (κ2) is 9.01. The minimum absolute atomic E-state index is 0.137. The monoisotopic (exact) mass is 428 g/mol. The molecule has 8 heteroatoms. The summed E-state index contributed by atoms with van der Waals surface area (Å²) >= 11 is 0. The van der Waals surface area contributed by atoms with Gasteiger partial charge in [0.25, 0.3) is 6.01 Å². The Morgan fingerprint density at radius 1 is 1.10 bits per heavy atom. The Kier molecular flexibility index (Phi) is 6.18. The number of ether oxygens (including phenoxy) is 2. The molecule has 0 unspecified atom stereocenters. The first kappa shape index (κ1) is 21.2. The van der Waals surface area contributed by atoms with Crippen molar-refractivity contribution in [1.29, 1.82) is 0 Å².